The van der Waals surface area contributed by atoms with Gasteiger partial charge < -0.3 is 4.90 Å². The Labute approximate surface area is 360 Å². The summed E-state index contributed by atoms with van der Waals surface area (Å²) < 4.78 is 0. The van der Waals surface area contributed by atoms with E-state index in [-0.39, 0.29) is 5.92 Å². The first-order valence-electron chi connectivity index (χ1n) is 21.5. The number of para-hydroxylation sites is 2. The zero-order chi connectivity index (χ0) is 40.8. The minimum atomic E-state index is 0.179. The average molecular weight is 782 g/mol. The van der Waals surface area contributed by atoms with E-state index in [1.54, 1.807) is 0 Å². The largest absolute Gasteiger partial charge is 0.311 e. The van der Waals surface area contributed by atoms with Crippen LogP contribution >= 0.6 is 0 Å². The summed E-state index contributed by atoms with van der Waals surface area (Å²) in [4.78, 5) is 2.36. The molecule has 0 saturated carbocycles. The highest BCUT2D eigenvalue weighted by molar-refractivity contribution is 6.06. The third-order valence-corrected chi connectivity index (χ3v) is 12.2. The minimum Gasteiger partial charge on any atom is -0.311 e. The summed E-state index contributed by atoms with van der Waals surface area (Å²) >= 11 is 0. The summed E-state index contributed by atoms with van der Waals surface area (Å²) in [7, 11) is 0. The molecule has 0 N–H and O–H groups in total. The maximum Gasteiger partial charge on any atom is 0.0461 e. The summed E-state index contributed by atoms with van der Waals surface area (Å²) in [5.74, 6) is 0.509. The van der Waals surface area contributed by atoms with Crippen molar-refractivity contribution >= 4 is 22.5 Å². The van der Waals surface area contributed by atoms with E-state index in [0.717, 1.165) is 24.2 Å². The maximum absolute atomic E-state index is 2.49. The van der Waals surface area contributed by atoms with Crippen LogP contribution < -0.4 is 4.90 Å². The van der Waals surface area contributed by atoms with E-state index >= 15 is 0 Å². The Morgan fingerprint density at radius 2 is 0.803 bits per heavy atom. The van der Waals surface area contributed by atoms with Crippen LogP contribution in [-0.2, 0) is 0 Å². The predicted molar refractivity (Wildman–Crippen MR) is 259 cm³/mol. The number of hydrogen-bond donors (Lipinski definition) is 0. The highest BCUT2D eigenvalue weighted by Gasteiger charge is 2.25. The number of benzene rings is 8. The van der Waals surface area contributed by atoms with Crippen LogP contribution in [0.1, 0.15) is 46.9 Å². The molecule has 2 aliphatic carbocycles. The molecule has 61 heavy (non-hydrogen) atoms. The van der Waals surface area contributed by atoms with E-state index in [1.807, 2.05) is 0 Å². The smallest absolute Gasteiger partial charge is 0.0461 e. The normalized spacial score (nSPS) is 16.0. The van der Waals surface area contributed by atoms with Crippen LogP contribution in [0.5, 0.6) is 0 Å². The lowest BCUT2D eigenvalue weighted by Gasteiger charge is -2.30. The molecule has 0 fully saturated rings. The fourth-order valence-corrected chi connectivity index (χ4v) is 9.15. The highest BCUT2D eigenvalue weighted by Crippen LogP contribution is 2.46. The van der Waals surface area contributed by atoms with Crippen LogP contribution in [0.25, 0.3) is 44.5 Å². The lowest BCUT2D eigenvalue weighted by molar-refractivity contribution is 0.844. The second-order valence-electron chi connectivity index (χ2n) is 15.9. The molecular weight excluding hydrogens is 735 g/mol. The van der Waals surface area contributed by atoms with Crippen molar-refractivity contribution in [3.8, 4) is 33.4 Å². The van der Waals surface area contributed by atoms with Crippen LogP contribution in [0.4, 0.5) is 11.4 Å². The van der Waals surface area contributed by atoms with Crippen molar-refractivity contribution in [1.82, 2.24) is 0 Å². The molecule has 8 aromatic carbocycles. The first kappa shape index (κ1) is 37.8. The summed E-state index contributed by atoms with van der Waals surface area (Å²) in [6.45, 7) is 0. The Kier molecular flexibility index (Phi) is 10.8. The van der Waals surface area contributed by atoms with Gasteiger partial charge in [0.2, 0.25) is 0 Å². The van der Waals surface area contributed by atoms with Gasteiger partial charge in [-0.2, -0.15) is 0 Å². The molecule has 0 saturated heterocycles. The van der Waals surface area contributed by atoms with E-state index in [1.165, 1.54) is 72.5 Å². The lowest BCUT2D eigenvalue weighted by Crippen LogP contribution is -2.17. The van der Waals surface area contributed by atoms with Crippen molar-refractivity contribution in [1.29, 1.82) is 0 Å². The quantitative estimate of drug-likeness (QED) is 0.134. The fourth-order valence-electron chi connectivity index (χ4n) is 9.15. The first-order valence-corrected chi connectivity index (χ1v) is 21.5. The molecule has 0 spiro atoms. The molecule has 0 heterocycles. The Bertz CT molecular complexity index is 2750. The third kappa shape index (κ3) is 7.99. The van der Waals surface area contributed by atoms with Gasteiger partial charge >= 0.3 is 0 Å². The Morgan fingerprint density at radius 3 is 1.31 bits per heavy atom. The number of hydrogen-bond acceptors (Lipinski definition) is 1. The van der Waals surface area contributed by atoms with Gasteiger partial charge in [-0.1, -0.05) is 206 Å². The molecule has 0 bridgehead atoms. The van der Waals surface area contributed by atoms with Gasteiger partial charge in [0.1, 0.15) is 0 Å². The van der Waals surface area contributed by atoms with Crippen LogP contribution in [-0.4, -0.2) is 0 Å². The summed E-state index contributed by atoms with van der Waals surface area (Å²) in [6, 6.07) is 79.2. The van der Waals surface area contributed by atoms with Crippen LogP contribution in [0.15, 0.2) is 254 Å². The van der Waals surface area contributed by atoms with Crippen LogP contribution in [0, 0.1) is 0 Å². The Morgan fingerprint density at radius 1 is 0.361 bits per heavy atom. The molecule has 2 atom stereocenters. The van der Waals surface area contributed by atoms with Crippen molar-refractivity contribution in [3.63, 3.8) is 0 Å². The number of allylic oxidation sites excluding steroid dienone is 7. The lowest BCUT2D eigenvalue weighted by atomic mass is 9.79. The van der Waals surface area contributed by atoms with Crippen LogP contribution in [0.3, 0.4) is 0 Å². The van der Waals surface area contributed by atoms with Crippen molar-refractivity contribution in [3.05, 3.63) is 277 Å². The summed E-state index contributed by atoms with van der Waals surface area (Å²) in [5, 5.41) is 0. The maximum atomic E-state index is 2.49. The van der Waals surface area contributed by atoms with E-state index in [9.17, 15) is 0 Å². The zero-order valence-corrected chi connectivity index (χ0v) is 34.2. The summed E-state index contributed by atoms with van der Waals surface area (Å²) in [6.07, 6.45) is 14.0. The van der Waals surface area contributed by atoms with Gasteiger partial charge in [0.25, 0.3) is 0 Å². The van der Waals surface area contributed by atoms with Gasteiger partial charge in [-0.3, -0.25) is 0 Å². The monoisotopic (exact) mass is 781 g/mol. The van der Waals surface area contributed by atoms with Gasteiger partial charge in [0, 0.05) is 28.9 Å². The highest BCUT2D eigenvalue weighted by atomic mass is 15.1. The molecule has 0 amide bonds. The predicted octanol–water partition coefficient (Wildman–Crippen LogP) is 16.1. The van der Waals surface area contributed by atoms with E-state index in [2.05, 4.69) is 254 Å². The molecule has 0 radical (unpaired) electrons. The Hall–Kier alpha value is -7.48. The second kappa shape index (κ2) is 17.4. The van der Waals surface area contributed by atoms with Crippen molar-refractivity contribution < 1.29 is 0 Å². The molecule has 8 aromatic rings. The standard InChI is InChI=1S/C60H47N/c1-7-19-44(20-8-1)51-37-40-56(46-21-9-2-10-22-46)57(41-51)49-33-31-45(32-34-49)52-42-58(47-23-11-3-12-24-47)60(59(43-52)48-25-13-4-14-26-48)50-35-38-55(39-36-50)61(53-27-15-5-16-28-53)54-29-17-6-18-30-54/h1-35,38-43,50-51H,36-37H2. The van der Waals surface area contributed by atoms with Gasteiger partial charge in [-0.25, -0.2) is 0 Å². The van der Waals surface area contributed by atoms with Gasteiger partial charge in [-0.05, 0) is 122 Å². The molecule has 2 unspecified atom stereocenters. The third-order valence-electron chi connectivity index (χ3n) is 12.2. The molecule has 292 valence electrons. The molecular formula is C60H47N. The first-order chi connectivity index (χ1) is 30.3. The van der Waals surface area contributed by atoms with Gasteiger partial charge in [0.05, 0.1) is 0 Å². The summed E-state index contributed by atoms with van der Waals surface area (Å²) in [5.41, 5.74) is 18.7. The molecule has 1 nitrogen and oxygen atoms in total. The van der Waals surface area contributed by atoms with E-state index in [4.69, 9.17) is 0 Å². The molecule has 0 aromatic heterocycles. The number of rotatable bonds is 10. The zero-order valence-electron chi connectivity index (χ0n) is 34.2. The van der Waals surface area contributed by atoms with E-state index < -0.39 is 0 Å². The van der Waals surface area contributed by atoms with Crippen molar-refractivity contribution in [2.45, 2.75) is 24.7 Å². The number of anilines is 2. The second-order valence-corrected chi connectivity index (χ2v) is 15.9. The topological polar surface area (TPSA) is 3.24 Å². The molecule has 10 rings (SSSR count). The molecule has 2 aliphatic rings. The molecule has 0 aliphatic heterocycles. The van der Waals surface area contributed by atoms with Gasteiger partial charge in [-0.15, -0.1) is 0 Å². The molecule has 1 heteroatoms. The van der Waals surface area contributed by atoms with Crippen molar-refractivity contribution in [2.75, 3.05) is 4.90 Å². The number of nitrogens with zero attached hydrogens (tertiary/aromatic N) is 1. The SMILES string of the molecule is C1=CC(c2c(-c3ccccc3)cc(-c3ccc(C4=CC(c5ccccc5)CC=C4c4ccccc4)cc3)cc2-c2ccccc2)CC=C1N(c1ccccc1)c1ccccc1. The van der Waals surface area contributed by atoms with Gasteiger partial charge in [0.15, 0.2) is 0 Å². The minimum absolute atomic E-state index is 0.179. The van der Waals surface area contributed by atoms with Crippen LogP contribution in [0.2, 0.25) is 0 Å². The fraction of sp³-hybridized carbons (Fsp3) is 0.0667. The Balaban J connectivity index is 1.06. The van der Waals surface area contributed by atoms with E-state index in [0.29, 0.717) is 5.92 Å². The average Bonchev–Trinajstić information content (AvgIpc) is 3.35. The van der Waals surface area contributed by atoms with Crippen molar-refractivity contribution in [2.24, 2.45) is 0 Å².